The molecule has 0 fully saturated rings. The van der Waals surface area contributed by atoms with Crippen LogP contribution in [0.25, 0.3) is 11.0 Å². The average Bonchev–Trinajstić information content (AvgIpc) is 2.93. The summed E-state index contributed by atoms with van der Waals surface area (Å²) in [5.74, 6) is 0.905. The van der Waals surface area contributed by atoms with Crippen LogP contribution in [0.5, 0.6) is 0 Å². The summed E-state index contributed by atoms with van der Waals surface area (Å²) in [7, 11) is 0. The average molecular weight is 316 g/mol. The maximum absolute atomic E-state index is 5.74. The van der Waals surface area contributed by atoms with Gasteiger partial charge in [0.05, 0.1) is 5.76 Å². The zero-order valence-corrected chi connectivity index (χ0v) is 14.6. The fraction of sp³-hybridized carbons (Fsp3) is 0.579. The van der Waals surface area contributed by atoms with E-state index in [9.17, 15) is 0 Å². The third-order valence-corrected chi connectivity index (χ3v) is 3.72. The van der Waals surface area contributed by atoms with E-state index < -0.39 is 0 Å². The molecule has 2 rings (SSSR count). The van der Waals surface area contributed by atoms with E-state index in [0.29, 0.717) is 0 Å². The van der Waals surface area contributed by atoms with Gasteiger partial charge in [0, 0.05) is 6.42 Å². The summed E-state index contributed by atoms with van der Waals surface area (Å²) < 4.78 is 10.5. The molecule has 0 radical (unpaired) electrons. The van der Waals surface area contributed by atoms with Crippen LogP contribution < -0.4 is 0 Å². The molecule has 0 bridgehead atoms. The van der Waals surface area contributed by atoms with E-state index in [2.05, 4.69) is 43.7 Å². The minimum absolute atomic E-state index is 0.131. The zero-order valence-electron chi connectivity index (χ0n) is 14.6. The molecule has 0 unspecified atom stereocenters. The topological polar surface area (TPSA) is 48.2 Å². The Kier molecular flexibility index (Phi) is 6.20. The van der Waals surface area contributed by atoms with Gasteiger partial charge in [-0.2, -0.15) is 0 Å². The normalized spacial score (nSPS) is 11.8. The van der Waals surface area contributed by atoms with Gasteiger partial charge in [0.2, 0.25) is 0 Å². The van der Waals surface area contributed by atoms with Crippen LogP contribution in [0.2, 0.25) is 0 Å². The Morgan fingerprint density at radius 2 is 1.83 bits per heavy atom. The summed E-state index contributed by atoms with van der Waals surface area (Å²) in [6.07, 6.45) is 8.02. The number of aromatic nitrogens is 2. The second-order valence-electron chi connectivity index (χ2n) is 7.07. The highest BCUT2D eigenvalue weighted by atomic mass is 16.6. The predicted octanol–water partition coefficient (Wildman–Crippen LogP) is 5.43. The molecule has 23 heavy (non-hydrogen) atoms. The minimum Gasteiger partial charge on any atom is -0.493 e. The SMILES string of the molecule is C=C(CCCCCCCc1cccc2nonc12)OC(C)(C)C. The van der Waals surface area contributed by atoms with Crippen LogP contribution >= 0.6 is 0 Å². The van der Waals surface area contributed by atoms with Gasteiger partial charge in [-0.25, -0.2) is 4.63 Å². The van der Waals surface area contributed by atoms with E-state index in [-0.39, 0.29) is 5.60 Å². The van der Waals surface area contributed by atoms with E-state index in [1.165, 1.54) is 31.2 Å². The lowest BCUT2D eigenvalue weighted by Gasteiger charge is -2.22. The number of nitrogens with zero attached hydrogens (tertiary/aromatic N) is 2. The number of rotatable bonds is 9. The molecular weight excluding hydrogens is 288 g/mol. The first-order chi connectivity index (χ1) is 11.0. The monoisotopic (exact) mass is 316 g/mol. The van der Waals surface area contributed by atoms with Crippen molar-refractivity contribution < 1.29 is 9.37 Å². The van der Waals surface area contributed by atoms with Crippen molar-refractivity contribution in [2.45, 2.75) is 71.3 Å². The lowest BCUT2D eigenvalue weighted by atomic mass is 10.0. The molecule has 0 aliphatic carbocycles. The predicted molar refractivity (Wildman–Crippen MR) is 93.2 cm³/mol. The molecule has 0 saturated heterocycles. The highest BCUT2D eigenvalue weighted by Crippen LogP contribution is 2.19. The van der Waals surface area contributed by atoms with Crippen molar-refractivity contribution in [3.63, 3.8) is 0 Å². The molecule has 1 aromatic heterocycles. The Labute approximate surface area is 138 Å². The van der Waals surface area contributed by atoms with Crippen molar-refractivity contribution >= 4 is 11.0 Å². The molecule has 126 valence electrons. The van der Waals surface area contributed by atoms with Crippen molar-refractivity contribution in [2.24, 2.45) is 0 Å². The Morgan fingerprint density at radius 3 is 2.61 bits per heavy atom. The third-order valence-electron chi connectivity index (χ3n) is 3.72. The number of ether oxygens (including phenoxy) is 1. The Bertz CT molecular complexity index is 626. The molecule has 0 atom stereocenters. The molecule has 0 aliphatic heterocycles. The van der Waals surface area contributed by atoms with Crippen LogP contribution in [-0.4, -0.2) is 15.9 Å². The zero-order chi connectivity index (χ0) is 16.7. The van der Waals surface area contributed by atoms with Crippen LogP contribution in [0.4, 0.5) is 0 Å². The molecule has 4 nitrogen and oxygen atoms in total. The summed E-state index contributed by atoms with van der Waals surface area (Å²) in [6.45, 7) is 10.2. The molecule has 1 heterocycles. The maximum atomic E-state index is 5.74. The highest BCUT2D eigenvalue weighted by Gasteiger charge is 2.11. The lowest BCUT2D eigenvalue weighted by Crippen LogP contribution is -2.18. The van der Waals surface area contributed by atoms with Gasteiger partial charge < -0.3 is 4.74 Å². The van der Waals surface area contributed by atoms with Crippen LogP contribution in [-0.2, 0) is 11.2 Å². The van der Waals surface area contributed by atoms with Crippen molar-refractivity contribution in [2.75, 3.05) is 0 Å². The number of hydrogen-bond acceptors (Lipinski definition) is 4. The Balaban J connectivity index is 1.58. The molecule has 0 saturated carbocycles. The van der Waals surface area contributed by atoms with Gasteiger partial charge in [0.1, 0.15) is 16.6 Å². The number of fused-ring (bicyclic) bond motifs is 1. The lowest BCUT2D eigenvalue weighted by molar-refractivity contribution is 0.0472. The van der Waals surface area contributed by atoms with E-state index in [1.807, 2.05) is 12.1 Å². The quantitative estimate of drug-likeness (QED) is 0.457. The van der Waals surface area contributed by atoms with Gasteiger partial charge in [0.25, 0.3) is 0 Å². The molecule has 1 aromatic carbocycles. The first-order valence-corrected chi connectivity index (χ1v) is 8.53. The van der Waals surface area contributed by atoms with E-state index in [1.54, 1.807) is 0 Å². The van der Waals surface area contributed by atoms with Gasteiger partial charge in [-0.1, -0.05) is 38.0 Å². The van der Waals surface area contributed by atoms with Crippen LogP contribution in [0.3, 0.4) is 0 Å². The smallest absolute Gasteiger partial charge is 0.138 e. The fourth-order valence-corrected chi connectivity index (χ4v) is 2.72. The second-order valence-corrected chi connectivity index (χ2v) is 7.07. The molecule has 0 aliphatic rings. The van der Waals surface area contributed by atoms with Crippen molar-refractivity contribution in [3.8, 4) is 0 Å². The number of unbranched alkanes of at least 4 members (excludes halogenated alkanes) is 4. The molecule has 0 amide bonds. The molecule has 0 N–H and O–H groups in total. The number of hydrogen-bond donors (Lipinski definition) is 0. The highest BCUT2D eigenvalue weighted by molar-refractivity contribution is 5.76. The minimum atomic E-state index is -0.131. The van der Waals surface area contributed by atoms with E-state index >= 15 is 0 Å². The summed E-state index contributed by atoms with van der Waals surface area (Å²) in [5.41, 5.74) is 2.85. The number of aryl methyl sites for hydroxylation is 1. The molecule has 4 heteroatoms. The van der Waals surface area contributed by atoms with E-state index in [0.717, 1.165) is 36.1 Å². The Morgan fingerprint density at radius 1 is 1.09 bits per heavy atom. The molecule has 0 spiro atoms. The number of benzene rings is 1. The van der Waals surface area contributed by atoms with E-state index in [4.69, 9.17) is 9.37 Å². The van der Waals surface area contributed by atoms with Crippen molar-refractivity contribution in [1.82, 2.24) is 10.3 Å². The fourth-order valence-electron chi connectivity index (χ4n) is 2.72. The summed E-state index contributed by atoms with van der Waals surface area (Å²) in [5, 5.41) is 7.87. The van der Waals surface area contributed by atoms with Crippen molar-refractivity contribution in [3.05, 3.63) is 36.1 Å². The van der Waals surface area contributed by atoms with Gasteiger partial charge in [-0.05, 0) is 62.0 Å². The summed E-state index contributed by atoms with van der Waals surface area (Å²) in [4.78, 5) is 0. The molecular formula is C19H28N2O2. The first-order valence-electron chi connectivity index (χ1n) is 8.53. The van der Waals surface area contributed by atoms with Crippen LogP contribution in [0, 0.1) is 0 Å². The first kappa shape index (κ1) is 17.5. The molecule has 2 aromatic rings. The Hall–Kier alpha value is -1.84. The maximum Gasteiger partial charge on any atom is 0.138 e. The largest absolute Gasteiger partial charge is 0.493 e. The van der Waals surface area contributed by atoms with Crippen LogP contribution in [0.1, 0.15) is 64.9 Å². The van der Waals surface area contributed by atoms with Gasteiger partial charge >= 0.3 is 0 Å². The summed E-state index contributed by atoms with van der Waals surface area (Å²) >= 11 is 0. The standard InChI is InChI=1S/C19H28N2O2/c1-15(22-19(2,3)4)11-8-6-5-7-9-12-16-13-10-14-17-18(16)21-23-20-17/h10,13-14H,1,5-9,11-12H2,2-4H3. The van der Waals surface area contributed by atoms with Gasteiger partial charge in [0.15, 0.2) is 0 Å². The second kappa shape index (κ2) is 8.14. The van der Waals surface area contributed by atoms with Crippen LogP contribution in [0.15, 0.2) is 35.2 Å². The summed E-state index contributed by atoms with van der Waals surface area (Å²) in [6, 6.07) is 6.06. The van der Waals surface area contributed by atoms with Crippen molar-refractivity contribution in [1.29, 1.82) is 0 Å². The van der Waals surface area contributed by atoms with Gasteiger partial charge in [-0.15, -0.1) is 0 Å². The third kappa shape index (κ3) is 6.05. The number of allylic oxidation sites excluding steroid dienone is 1. The van der Waals surface area contributed by atoms with Gasteiger partial charge in [-0.3, -0.25) is 0 Å².